The molecule has 2 rings (SSSR count). The van der Waals surface area contributed by atoms with Crippen LogP contribution in [0.15, 0.2) is 0 Å². The van der Waals surface area contributed by atoms with E-state index in [0.717, 1.165) is 19.1 Å². The average Bonchev–Trinajstić information content (AvgIpc) is 2.55. The number of nitrogens with one attached hydrogen (secondary N) is 1. The average molecular weight is 187 g/mol. The molecule has 70 valence electrons. The molecule has 2 unspecified atom stereocenters. The van der Waals surface area contributed by atoms with Crippen molar-refractivity contribution in [3.05, 3.63) is 0 Å². The van der Waals surface area contributed by atoms with Crippen LogP contribution in [0.25, 0.3) is 0 Å². The number of ether oxygens (including phenoxy) is 1. The molecular weight excluding hydrogens is 170 g/mol. The number of rotatable bonds is 1. The lowest BCUT2D eigenvalue weighted by molar-refractivity contribution is 0.182. The Bertz CT molecular complexity index is 166. The van der Waals surface area contributed by atoms with E-state index in [2.05, 4.69) is 30.9 Å². The summed E-state index contributed by atoms with van der Waals surface area (Å²) in [5.74, 6) is 1.98. The third kappa shape index (κ3) is 1.78. The van der Waals surface area contributed by atoms with Crippen LogP contribution in [-0.2, 0) is 4.74 Å². The minimum atomic E-state index is 0.331. The van der Waals surface area contributed by atoms with Crippen molar-refractivity contribution in [2.24, 2.45) is 5.92 Å². The molecule has 2 heterocycles. The molecule has 1 N–H and O–H groups in total. The molecule has 0 aliphatic carbocycles. The van der Waals surface area contributed by atoms with Crippen LogP contribution in [0.1, 0.15) is 20.3 Å². The van der Waals surface area contributed by atoms with Gasteiger partial charge in [0, 0.05) is 23.8 Å². The van der Waals surface area contributed by atoms with Crippen LogP contribution in [0, 0.1) is 5.92 Å². The lowest BCUT2D eigenvalue weighted by Gasteiger charge is -2.21. The lowest BCUT2D eigenvalue weighted by atomic mass is 10.1. The number of hydrogen-bond acceptors (Lipinski definition) is 3. The van der Waals surface area contributed by atoms with Gasteiger partial charge in [-0.25, -0.2) is 0 Å². The molecule has 0 bridgehead atoms. The maximum absolute atomic E-state index is 5.38. The molecule has 12 heavy (non-hydrogen) atoms. The predicted octanol–water partition coefficient (Wildman–Crippen LogP) is 1.46. The summed E-state index contributed by atoms with van der Waals surface area (Å²) in [4.78, 5) is 0. The van der Waals surface area contributed by atoms with Gasteiger partial charge < -0.3 is 4.74 Å². The van der Waals surface area contributed by atoms with Crippen LogP contribution in [0.4, 0.5) is 0 Å². The summed E-state index contributed by atoms with van der Waals surface area (Å²) in [6, 6.07) is 0. The van der Waals surface area contributed by atoms with Crippen molar-refractivity contribution in [2.75, 3.05) is 19.0 Å². The van der Waals surface area contributed by atoms with Crippen LogP contribution < -0.4 is 5.32 Å². The smallest absolute Gasteiger partial charge is 0.0588 e. The molecule has 2 atom stereocenters. The van der Waals surface area contributed by atoms with Crippen LogP contribution in [0.2, 0.25) is 0 Å². The van der Waals surface area contributed by atoms with Gasteiger partial charge in [-0.15, -0.1) is 11.8 Å². The standard InChI is InChI=1S/C9H17NOS/c1-9(2)6-12-8(10-9)7-3-4-11-5-7/h7-8,10H,3-6H2,1-2H3. The third-order valence-corrected chi connectivity index (χ3v) is 4.30. The first-order valence-electron chi connectivity index (χ1n) is 4.64. The topological polar surface area (TPSA) is 21.3 Å². The van der Waals surface area contributed by atoms with Gasteiger partial charge in [-0.1, -0.05) is 0 Å². The van der Waals surface area contributed by atoms with Gasteiger partial charge in [0.15, 0.2) is 0 Å². The molecule has 2 aliphatic heterocycles. The highest BCUT2D eigenvalue weighted by Crippen LogP contribution is 2.33. The zero-order valence-electron chi connectivity index (χ0n) is 7.80. The zero-order valence-corrected chi connectivity index (χ0v) is 8.62. The first-order chi connectivity index (χ1) is 5.67. The van der Waals surface area contributed by atoms with E-state index in [1.807, 2.05) is 0 Å². The minimum Gasteiger partial charge on any atom is -0.381 e. The SMILES string of the molecule is CC1(C)CSC(C2CCOC2)N1. The summed E-state index contributed by atoms with van der Waals surface area (Å²) < 4.78 is 5.38. The van der Waals surface area contributed by atoms with Crippen molar-refractivity contribution in [3.8, 4) is 0 Å². The highest BCUT2D eigenvalue weighted by molar-refractivity contribution is 8.00. The Morgan fingerprint density at radius 3 is 2.83 bits per heavy atom. The van der Waals surface area contributed by atoms with Crippen molar-refractivity contribution >= 4 is 11.8 Å². The quantitative estimate of drug-likeness (QED) is 0.671. The highest BCUT2D eigenvalue weighted by Gasteiger charge is 2.36. The van der Waals surface area contributed by atoms with Crippen molar-refractivity contribution in [1.82, 2.24) is 5.32 Å². The second kappa shape index (κ2) is 3.20. The fraction of sp³-hybridized carbons (Fsp3) is 1.00. The normalized spacial score (nSPS) is 40.5. The summed E-state index contributed by atoms with van der Waals surface area (Å²) in [5.41, 5.74) is 0.331. The molecule has 2 nitrogen and oxygen atoms in total. The Morgan fingerprint density at radius 1 is 1.50 bits per heavy atom. The summed E-state index contributed by atoms with van der Waals surface area (Å²) in [5, 5.41) is 4.30. The Kier molecular flexibility index (Phi) is 2.36. The number of thioether (sulfide) groups is 1. The van der Waals surface area contributed by atoms with E-state index in [0.29, 0.717) is 10.9 Å². The van der Waals surface area contributed by atoms with Gasteiger partial charge >= 0.3 is 0 Å². The maximum atomic E-state index is 5.38. The molecule has 0 aromatic heterocycles. The van der Waals surface area contributed by atoms with Gasteiger partial charge in [-0.05, 0) is 20.3 Å². The van der Waals surface area contributed by atoms with Crippen molar-refractivity contribution in [1.29, 1.82) is 0 Å². The lowest BCUT2D eigenvalue weighted by Crippen LogP contribution is -2.41. The van der Waals surface area contributed by atoms with E-state index in [-0.39, 0.29) is 0 Å². The van der Waals surface area contributed by atoms with Gasteiger partial charge in [-0.3, -0.25) is 5.32 Å². The Hall–Kier alpha value is 0.270. The van der Waals surface area contributed by atoms with Crippen LogP contribution in [0.5, 0.6) is 0 Å². The first kappa shape index (κ1) is 8.85. The second-order valence-corrected chi connectivity index (χ2v) is 5.51. The van der Waals surface area contributed by atoms with Crippen molar-refractivity contribution in [3.63, 3.8) is 0 Å². The van der Waals surface area contributed by atoms with E-state index in [9.17, 15) is 0 Å². The molecule has 0 amide bonds. The monoisotopic (exact) mass is 187 g/mol. The third-order valence-electron chi connectivity index (χ3n) is 2.55. The van der Waals surface area contributed by atoms with E-state index >= 15 is 0 Å². The Balaban J connectivity index is 1.90. The van der Waals surface area contributed by atoms with Gasteiger partial charge in [0.1, 0.15) is 0 Å². The maximum Gasteiger partial charge on any atom is 0.0588 e. The van der Waals surface area contributed by atoms with Crippen molar-refractivity contribution < 1.29 is 4.74 Å². The van der Waals surface area contributed by atoms with Gasteiger partial charge in [0.2, 0.25) is 0 Å². The van der Waals surface area contributed by atoms with E-state index in [1.54, 1.807) is 0 Å². The van der Waals surface area contributed by atoms with Gasteiger partial charge in [0.25, 0.3) is 0 Å². The Morgan fingerprint density at radius 2 is 2.33 bits per heavy atom. The van der Waals surface area contributed by atoms with E-state index in [4.69, 9.17) is 4.74 Å². The summed E-state index contributed by atoms with van der Waals surface area (Å²) in [6.07, 6.45) is 1.24. The molecule has 2 fully saturated rings. The van der Waals surface area contributed by atoms with E-state index in [1.165, 1.54) is 12.2 Å². The van der Waals surface area contributed by atoms with E-state index < -0.39 is 0 Å². The molecule has 0 radical (unpaired) electrons. The van der Waals surface area contributed by atoms with Crippen molar-refractivity contribution in [2.45, 2.75) is 31.2 Å². The summed E-state index contributed by atoms with van der Waals surface area (Å²) >= 11 is 2.06. The zero-order chi connectivity index (χ0) is 8.60. The minimum absolute atomic E-state index is 0.331. The van der Waals surface area contributed by atoms with Crippen LogP contribution in [-0.4, -0.2) is 29.9 Å². The largest absolute Gasteiger partial charge is 0.381 e. The summed E-state index contributed by atoms with van der Waals surface area (Å²) in [7, 11) is 0. The molecule has 2 saturated heterocycles. The predicted molar refractivity (Wildman–Crippen MR) is 52.4 cm³/mol. The van der Waals surface area contributed by atoms with Crippen LogP contribution in [0.3, 0.4) is 0 Å². The molecule has 0 aromatic rings. The molecule has 2 aliphatic rings. The van der Waals surface area contributed by atoms with Gasteiger partial charge in [-0.2, -0.15) is 0 Å². The molecular formula is C9H17NOS. The molecule has 0 spiro atoms. The highest BCUT2D eigenvalue weighted by atomic mass is 32.2. The molecule has 0 aromatic carbocycles. The molecule has 3 heteroatoms. The second-order valence-electron chi connectivity index (χ2n) is 4.38. The fourth-order valence-electron chi connectivity index (χ4n) is 1.81. The van der Waals surface area contributed by atoms with Crippen LogP contribution >= 0.6 is 11.8 Å². The fourth-order valence-corrected chi connectivity index (χ4v) is 3.38. The van der Waals surface area contributed by atoms with Gasteiger partial charge in [0.05, 0.1) is 12.0 Å². The number of hydrogen-bond donors (Lipinski definition) is 1. The molecule has 0 saturated carbocycles. The Labute approximate surface area is 78.4 Å². The summed E-state index contributed by atoms with van der Waals surface area (Å²) in [6.45, 7) is 6.47. The first-order valence-corrected chi connectivity index (χ1v) is 5.69.